The molecule has 1 aliphatic rings. The van der Waals surface area contributed by atoms with Crippen LogP contribution >= 0.6 is 0 Å². The molecule has 0 saturated carbocycles. The number of ether oxygens (including phenoxy) is 3. The van der Waals surface area contributed by atoms with Gasteiger partial charge in [0.05, 0.1) is 11.2 Å². The topological polar surface area (TPSA) is 134 Å². The number of hydrogen-bond acceptors (Lipinski definition) is 8. The van der Waals surface area contributed by atoms with Crippen LogP contribution in [0.25, 0.3) is 22.2 Å². The van der Waals surface area contributed by atoms with Gasteiger partial charge in [0.25, 0.3) is 0 Å². The quantitative estimate of drug-likeness (QED) is 0.313. The SMILES string of the molecule is Cc1cc2c(F)c(Oc3ncnc(Nc4cc(-c5ccc6c(c5)OCO6)[nH]n4)c3C#N)cc(F)c2[nH]1. The first-order valence-electron chi connectivity index (χ1n) is 10.6. The zero-order valence-electron chi connectivity index (χ0n) is 18.5. The average molecular weight is 487 g/mol. The second-order valence-corrected chi connectivity index (χ2v) is 7.89. The van der Waals surface area contributed by atoms with Crippen LogP contribution in [-0.2, 0) is 0 Å². The fourth-order valence-electron chi connectivity index (χ4n) is 3.87. The van der Waals surface area contributed by atoms with Gasteiger partial charge >= 0.3 is 0 Å². The van der Waals surface area contributed by atoms with Gasteiger partial charge in [-0.3, -0.25) is 5.10 Å². The first-order valence-corrected chi connectivity index (χ1v) is 10.6. The van der Waals surface area contributed by atoms with Crippen LogP contribution in [0.5, 0.6) is 23.1 Å². The maximum atomic E-state index is 15.0. The lowest BCUT2D eigenvalue weighted by Gasteiger charge is -2.10. The van der Waals surface area contributed by atoms with Crippen molar-refractivity contribution < 1.29 is 23.0 Å². The van der Waals surface area contributed by atoms with E-state index in [2.05, 4.69) is 30.5 Å². The minimum absolute atomic E-state index is 0.0275. The van der Waals surface area contributed by atoms with Gasteiger partial charge in [-0.25, -0.2) is 18.7 Å². The van der Waals surface area contributed by atoms with Crippen LogP contribution in [-0.4, -0.2) is 31.9 Å². The minimum atomic E-state index is -0.784. The highest BCUT2D eigenvalue weighted by molar-refractivity contribution is 5.83. The number of nitriles is 1. The second kappa shape index (κ2) is 8.24. The monoisotopic (exact) mass is 487 g/mol. The molecule has 5 aromatic rings. The largest absolute Gasteiger partial charge is 0.454 e. The highest BCUT2D eigenvalue weighted by atomic mass is 19.1. The lowest BCUT2D eigenvalue weighted by atomic mass is 10.1. The summed E-state index contributed by atoms with van der Waals surface area (Å²) in [5.74, 6) is -0.433. The maximum absolute atomic E-state index is 15.0. The van der Waals surface area contributed by atoms with E-state index in [0.29, 0.717) is 28.7 Å². The van der Waals surface area contributed by atoms with Crippen LogP contribution in [0.15, 0.2) is 42.7 Å². The van der Waals surface area contributed by atoms with E-state index in [1.807, 2.05) is 18.2 Å². The van der Waals surface area contributed by atoms with Gasteiger partial charge in [0.15, 0.2) is 46.1 Å². The van der Waals surface area contributed by atoms with E-state index in [1.54, 1.807) is 19.1 Å². The molecule has 0 atom stereocenters. The molecule has 1 aliphatic heterocycles. The number of aromatic amines is 2. The molecule has 0 fully saturated rings. The van der Waals surface area contributed by atoms with E-state index >= 15 is 0 Å². The predicted octanol–water partition coefficient (Wildman–Crippen LogP) is 5.07. The van der Waals surface area contributed by atoms with Crippen LogP contribution in [0.1, 0.15) is 11.3 Å². The van der Waals surface area contributed by atoms with Crippen LogP contribution in [0.4, 0.5) is 20.4 Å². The number of benzene rings is 2. The summed E-state index contributed by atoms with van der Waals surface area (Å²) in [6.45, 7) is 1.85. The van der Waals surface area contributed by atoms with E-state index in [9.17, 15) is 14.0 Å². The molecule has 36 heavy (non-hydrogen) atoms. The predicted molar refractivity (Wildman–Crippen MR) is 123 cm³/mol. The van der Waals surface area contributed by atoms with Crippen molar-refractivity contribution in [3.8, 4) is 40.5 Å². The molecule has 0 radical (unpaired) electrons. The van der Waals surface area contributed by atoms with Gasteiger partial charge in [-0.15, -0.1) is 0 Å². The molecule has 2 aromatic carbocycles. The second-order valence-electron chi connectivity index (χ2n) is 7.89. The number of aryl methyl sites for hydroxylation is 1. The van der Waals surface area contributed by atoms with Crippen LogP contribution in [0.2, 0.25) is 0 Å². The summed E-state index contributed by atoms with van der Waals surface area (Å²) >= 11 is 0. The Morgan fingerprint density at radius 1 is 1.11 bits per heavy atom. The van der Waals surface area contributed by atoms with E-state index in [1.165, 1.54) is 6.07 Å². The minimum Gasteiger partial charge on any atom is -0.454 e. The van der Waals surface area contributed by atoms with Crippen molar-refractivity contribution in [3.05, 3.63) is 65.6 Å². The molecule has 0 unspecified atom stereocenters. The normalized spacial score (nSPS) is 12.1. The first kappa shape index (κ1) is 21.4. The van der Waals surface area contributed by atoms with Crippen LogP contribution in [0, 0.1) is 29.9 Å². The molecule has 0 saturated heterocycles. The first-order chi connectivity index (χ1) is 17.5. The van der Waals surface area contributed by atoms with Gasteiger partial charge in [0.2, 0.25) is 12.7 Å². The van der Waals surface area contributed by atoms with Gasteiger partial charge < -0.3 is 24.5 Å². The fraction of sp³-hybridized carbons (Fsp3) is 0.0833. The number of nitrogens with zero attached hydrogens (tertiary/aromatic N) is 4. The van der Waals surface area contributed by atoms with Crippen molar-refractivity contribution in [2.45, 2.75) is 6.92 Å². The third-order valence-corrected chi connectivity index (χ3v) is 5.54. The standard InChI is InChI=1S/C24H15F2N7O3/c1-11-4-13-21(26)19(6-15(25)22(13)30-11)36-24-14(8-27)23(28-9-29-24)31-20-7-16(32-33-20)12-2-3-17-18(5-12)35-10-34-17/h2-7,9,30H,10H2,1H3,(H2,28,29,31,32,33). The number of nitrogens with one attached hydrogen (secondary N) is 3. The summed E-state index contributed by atoms with van der Waals surface area (Å²) in [5.41, 5.74) is 1.98. The van der Waals surface area contributed by atoms with Crippen molar-refractivity contribution in [3.63, 3.8) is 0 Å². The summed E-state index contributed by atoms with van der Waals surface area (Å²) in [6, 6.07) is 11.5. The number of halogens is 2. The summed E-state index contributed by atoms with van der Waals surface area (Å²) in [5, 5.41) is 19.8. The number of hydrogen-bond donors (Lipinski definition) is 3. The molecular weight excluding hydrogens is 472 g/mol. The molecule has 3 N–H and O–H groups in total. The Kier molecular flexibility index (Phi) is 4.89. The Bertz CT molecular complexity index is 1690. The molecular formula is C24H15F2N7O3. The van der Waals surface area contributed by atoms with Gasteiger partial charge in [0.1, 0.15) is 12.4 Å². The Hall–Kier alpha value is -5.18. The van der Waals surface area contributed by atoms with Gasteiger partial charge in [-0.05, 0) is 31.2 Å². The van der Waals surface area contributed by atoms with Crippen molar-refractivity contribution in [1.29, 1.82) is 5.26 Å². The van der Waals surface area contributed by atoms with Crippen molar-refractivity contribution in [1.82, 2.24) is 25.1 Å². The highest BCUT2D eigenvalue weighted by Crippen LogP contribution is 2.37. The molecule has 6 rings (SSSR count). The molecule has 0 bridgehead atoms. The zero-order chi connectivity index (χ0) is 24.8. The Balaban J connectivity index is 1.29. The Morgan fingerprint density at radius 2 is 1.97 bits per heavy atom. The average Bonchev–Trinajstić information content (AvgIpc) is 3.62. The van der Waals surface area contributed by atoms with Gasteiger partial charge in [0, 0.05) is 28.8 Å². The summed E-state index contributed by atoms with van der Waals surface area (Å²) < 4.78 is 45.7. The van der Waals surface area contributed by atoms with E-state index < -0.39 is 17.4 Å². The number of H-pyrrole nitrogens is 2. The fourth-order valence-corrected chi connectivity index (χ4v) is 3.87. The molecule has 178 valence electrons. The zero-order valence-corrected chi connectivity index (χ0v) is 18.5. The summed E-state index contributed by atoms with van der Waals surface area (Å²) in [4.78, 5) is 10.8. The van der Waals surface area contributed by atoms with Crippen molar-refractivity contribution >= 4 is 22.5 Å². The van der Waals surface area contributed by atoms with E-state index in [4.69, 9.17) is 14.2 Å². The van der Waals surface area contributed by atoms with Gasteiger partial charge in [-0.2, -0.15) is 10.4 Å². The third kappa shape index (κ3) is 3.59. The molecule has 12 heteroatoms. The lowest BCUT2D eigenvalue weighted by molar-refractivity contribution is 0.174. The molecule has 10 nitrogen and oxygen atoms in total. The summed E-state index contributed by atoms with van der Waals surface area (Å²) in [7, 11) is 0. The molecule has 4 heterocycles. The highest BCUT2D eigenvalue weighted by Gasteiger charge is 2.21. The molecule has 3 aromatic heterocycles. The molecule has 0 spiro atoms. The summed E-state index contributed by atoms with van der Waals surface area (Å²) in [6.07, 6.45) is 1.14. The molecule has 0 amide bonds. The Labute approximate surface area is 201 Å². The smallest absolute Gasteiger partial charge is 0.242 e. The van der Waals surface area contributed by atoms with Gasteiger partial charge in [-0.1, -0.05) is 0 Å². The number of anilines is 2. The maximum Gasteiger partial charge on any atom is 0.242 e. The number of fused-ring (bicyclic) bond motifs is 2. The number of aromatic nitrogens is 5. The molecule has 0 aliphatic carbocycles. The lowest BCUT2D eigenvalue weighted by Crippen LogP contribution is -2.02. The van der Waals surface area contributed by atoms with E-state index in [0.717, 1.165) is 18.0 Å². The van der Waals surface area contributed by atoms with Crippen molar-refractivity contribution in [2.24, 2.45) is 0 Å². The third-order valence-electron chi connectivity index (χ3n) is 5.54. The number of rotatable bonds is 5. The van der Waals surface area contributed by atoms with Crippen molar-refractivity contribution in [2.75, 3.05) is 12.1 Å². The van der Waals surface area contributed by atoms with Crippen LogP contribution in [0.3, 0.4) is 0 Å². The van der Waals surface area contributed by atoms with E-state index in [-0.39, 0.29) is 35.0 Å². The van der Waals surface area contributed by atoms with Crippen LogP contribution < -0.4 is 19.5 Å². The Morgan fingerprint density at radius 3 is 2.83 bits per heavy atom.